The Hall–Kier alpha value is -5.00. The van der Waals surface area contributed by atoms with Crippen LogP contribution in [0, 0.1) is 5.82 Å². The average Bonchev–Trinajstić information content (AvgIpc) is 3.75. The van der Waals surface area contributed by atoms with Crippen molar-refractivity contribution >= 4 is 34.4 Å². The van der Waals surface area contributed by atoms with Crippen LogP contribution in [0.3, 0.4) is 0 Å². The monoisotopic (exact) mass is 614 g/mol. The first-order valence-corrected chi connectivity index (χ1v) is 14.3. The van der Waals surface area contributed by atoms with Crippen LogP contribution in [-0.4, -0.2) is 66.7 Å². The molecule has 3 heterocycles. The number of rotatable bonds is 9. The molecule has 5 aromatic rings. The molecule has 2 aromatic heterocycles. The van der Waals surface area contributed by atoms with E-state index in [2.05, 4.69) is 10.2 Å². The van der Waals surface area contributed by atoms with E-state index in [0.29, 0.717) is 24.5 Å². The lowest BCUT2D eigenvalue weighted by atomic mass is 10.0. The zero-order chi connectivity index (χ0) is 30.8. The van der Waals surface area contributed by atoms with Gasteiger partial charge in [0, 0.05) is 30.7 Å². The predicted octanol–water partition coefficient (Wildman–Crippen LogP) is 4.94. The molecule has 0 radical (unpaired) electrons. The van der Waals surface area contributed by atoms with Crippen molar-refractivity contribution in [1.29, 1.82) is 0 Å². The van der Waals surface area contributed by atoms with E-state index in [1.807, 2.05) is 59.4 Å². The van der Waals surface area contributed by atoms with Crippen molar-refractivity contribution in [2.45, 2.75) is 25.1 Å². The van der Waals surface area contributed by atoms with E-state index < -0.39 is 29.8 Å². The molecule has 0 aliphatic carbocycles. The Bertz CT molecular complexity index is 1890. The second-order valence-corrected chi connectivity index (χ2v) is 10.8. The minimum Gasteiger partial charge on any atom is -0.488 e. The molecule has 0 spiro atoms. The van der Waals surface area contributed by atoms with Gasteiger partial charge in [0.1, 0.15) is 23.7 Å². The summed E-state index contributed by atoms with van der Waals surface area (Å²) in [5, 5.41) is 19.9. The van der Waals surface area contributed by atoms with Gasteiger partial charge in [-0.25, -0.2) is 13.9 Å². The number of nitrogens with zero attached hydrogens (tertiary/aromatic N) is 5. The molecule has 1 saturated heterocycles. The number of aromatic nitrogens is 4. The third-order valence-electron chi connectivity index (χ3n) is 7.44. The summed E-state index contributed by atoms with van der Waals surface area (Å²) in [6.07, 6.45) is 8.17. The highest BCUT2D eigenvalue weighted by molar-refractivity contribution is 6.32. The lowest BCUT2D eigenvalue weighted by Gasteiger charge is -2.20. The molecular weight excluding hydrogens is 587 g/mol. The molecule has 3 aromatic carbocycles. The van der Waals surface area contributed by atoms with Crippen LogP contribution in [0.4, 0.5) is 4.39 Å². The summed E-state index contributed by atoms with van der Waals surface area (Å²) in [5.74, 6) is -1.58. The summed E-state index contributed by atoms with van der Waals surface area (Å²) >= 11 is 6.14. The van der Waals surface area contributed by atoms with Gasteiger partial charge in [-0.05, 0) is 47.5 Å². The molecule has 10 nitrogen and oxygen atoms in total. The maximum absolute atomic E-state index is 13.5. The molecule has 224 valence electrons. The van der Waals surface area contributed by atoms with Crippen LogP contribution in [0.2, 0.25) is 5.02 Å². The van der Waals surface area contributed by atoms with Gasteiger partial charge in [-0.1, -0.05) is 48.0 Å². The lowest BCUT2D eigenvalue weighted by molar-refractivity contribution is -0.141. The largest absolute Gasteiger partial charge is 0.488 e. The maximum Gasteiger partial charge on any atom is 0.326 e. The lowest BCUT2D eigenvalue weighted by Crippen LogP contribution is -2.40. The van der Waals surface area contributed by atoms with E-state index in [9.17, 15) is 19.1 Å². The number of hydrogen-bond donors (Lipinski definition) is 2. The van der Waals surface area contributed by atoms with Crippen LogP contribution in [0.5, 0.6) is 5.75 Å². The summed E-state index contributed by atoms with van der Waals surface area (Å²) in [6.45, 7) is 1.15. The van der Waals surface area contributed by atoms with E-state index in [1.165, 1.54) is 34.1 Å². The first-order valence-electron chi connectivity index (χ1n) is 13.9. The first kappa shape index (κ1) is 29.1. The minimum absolute atomic E-state index is 0.0706. The number of amides is 1. The molecule has 0 unspecified atom stereocenters. The Morgan fingerprint density at radius 2 is 1.95 bits per heavy atom. The fourth-order valence-corrected chi connectivity index (χ4v) is 5.64. The number of fused-ring (bicyclic) bond motifs is 1. The van der Waals surface area contributed by atoms with Gasteiger partial charge in [0.15, 0.2) is 0 Å². The number of benzene rings is 3. The maximum atomic E-state index is 13.5. The average molecular weight is 615 g/mol. The Balaban J connectivity index is 1.20. The molecule has 1 fully saturated rings. The SMILES string of the molecule is NC/C=C/Cn1cc2c(-c3cccc(O[C@H]4C[C@@H](C(=O)O)N(C(=O)c5cnn(-c6ccc(F)cc6Cl)c5)C4)c3)cccc2n1. The van der Waals surface area contributed by atoms with E-state index >= 15 is 0 Å². The second kappa shape index (κ2) is 12.3. The normalized spacial score (nSPS) is 16.7. The number of carbonyl (C=O) groups excluding carboxylic acids is 1. The third kappa shape index (κ3) is 5.92. The number of carboxylic acid groups (broad SMARTS) is 1. The number of likely N-dealkylation sites (tertiary alicyclic amines) is 1. The van der Waals surface area contributed by atoms with Gasteiger partial charge in [0.05, 0.1) is 41.1 Å². The van der Waals surface area contributed by atoms with Crippen LogP contribution in [0.25, 0.3) is 27.7 Å². The summed E-state index contributed by atoms with van der Waals surface area (Å²) in [6, 6.07) is 16.2. The number of ether oxygens (including phenoxy) is 1. The highest BCUT2D eigenvalue weighted by Crippen LogP contribution is 2.32. The predicted molar refractivity (Wildman–Crippen MR) is 163 cm³/mol. The number of carboxylic acids is 1. The fraction of sp³-hybridized carbons (Fsp3) is 0.188. The smallest absolute Gasteiger partial charge is 0.326 e. The third-order valence-corrected chi connectivity index (χ3v) is 7.74. The van der Waals surface area contributed by atoms with Crippen molar-refractivity contribution in [3.8, 4) is 22.6 Å². The van der Waals surface area contributed by atoms with Gasteiger partial charge in [0.2, 0.25) is 0 Å². The highest BCUT2D eigenvalue weighted by atomic mass is 35.5. The van der Waals surface area contributed by atoms with Gasteiger partial charge in [-0.3, -0.25) is 9.48 Å². The number of carbonyl (C=O) groups is 2. The van der Waals surface area contributed by atoms with Gasteiger partial charge in [-0.15, -0.1) is 0 Å². The molecule has 6 rings (SSSR count). The van der Waals surface area contributed by atoms with Crippen molar-refractivity contribution in [2.24, 2.45) is 5.73 Å². The van der Waals surface area contributed by atoms with Crippen LogP contribution < -0.4 is 10.5 Å². The summed E-state index contributed by atoms with van der Waals surface area (Å²) in [5.41, 5.74) is 8.85. The summed E-state index contributed by atoms with van der Waals surface area (Å²) in [7, 11) is 0. The van der Waals surface area contributed by atoms with E-state index in [-0.39, 0.29) is 23.6 Å². The Kier molecular flexibility index (Phi) is 8.14. The van der Waals surface area contributed by atoms with E-state index in [4.69, 9.17) is 22.1 Å². The molecule has 2 atom stereocenters. The minimum atomic E-state index is -1.13. The number of nitrogens with two attached hydrogens (primary N) is 1. The molecule has 1 amide bonds. The van der Waals surface area contributed by atoms with Crippen LogP contribution in [0.1, 0.15) is 16.8 Å². The molecule has 1 aliphatic heterocycles. The topological polar surface area (TPSA) is 128 Å². The van der Waals surface area contributed by atoms with Crippen LogP contribution in [-0.2, 0) is 11.3 Å². The Morgan fingerprint density at radius 1 is 1.11 bits per heavy atom. The van der Waals surface area contributed by atoms with Gasteiger partial charge < -0.3 is 20.5 Å². The van der Waals surface area contributed by atoms with Gasteiger partial charge >= 0.3 is 5.97 Å². The van der Waals surface area contributed by atoms with Crippen LogP contribution >= 0.6 is 11.6 Å². The summed E-state index contributed by atoms with van der Waals surface area (Å²) in [4.78, 5) is 26.9. The van der Waals surface area contributed by atoms with Crippen molar-refractivity contribution in [3.63, 3.8) is 0 Å². The number of allylic oxidation sites excluding steroid dienone is 1. The van der Waals surface area contributed by atoms with E-state index in [1.54, 1.807) is 6.07 Å². The molecular formula is C32H28ClFN6O4. The number of aliphatic carboxylic acids is 1. The quantitative estimate of drug-likeness (QED) is 0.225. The van der Waals surface area contributed by atoms with Crippen molar-refractivity contribution in [3.05, 3.63) is 108 Å². The standard InChI is InChI=1S/C32H28ClFN6O4/c33-27-14-22(34)9-10-29(27)40-17-21(16-36-40)31(41)39-18-24(15-30(39)32(42)43)44-23-6-3-5-20(13-23)25-7-4-8-28-26(25)19-38(37-28)12-2-1-11-35/h1-10,13-14,16-17,19,24,30H,11-12,15,18,35H2,(H,42,43)/b2-1+/t24-,30-/m0/s1. The molecule has 44 heavy (non-hydrogen) atoms. The Labute approximate surface area is 256 Å². The van der Waals surface area contributed by atoms with Crippen molar-refractivity contribution in [2.75, 3.05) is 13.1 Å². The Morgan fingerprint density at radius 3 is 2.75 bits per heavy atom. The highest BCUT2D eigenvalue weighted by Gasteiger charge is 2.41. The van der Waals surface area contributed by atoms with Gasteiger partial charge in [-0.2, -0.15) is 10.2 Å². The zero-order valence-corrected chi connectivity index (χ0v) is 24.1. The van der Waals surface area contributed by atoms with Crippen molar-refractivity contribution in [1.82, 2.24) is 24.5 Å². The van der Waals surface area contributed by atoms with Crippen molar-refractivity contribution < 1.29 is 23.8 Å². The second-order valence-electron chi connectivity index (χ2n) is 10.4. The molecule has 3 N–H and O–H groups in total. The van der Waals surface area contributed by atoms with Gasteiger partial charge in [0.25, 0.3) is 5.91 Å². The number of hydrogen-bond acceptors (Lipinski definition) is 6. The van der Waals surface area contributed by atoms with E-state index in [0.717, 1.165) is 28.1 Å². The number of halogens is 2. The first-order chi connectivity index (χ1) is 21.3. The molecule has 12 heteroatoms. The van der Waals surface area contributed by atoms with Crippen LogP contribution in [0.15, 0.2) is 91.4 Å². The fourth-order valence-electron chi connectivity index (χ4n) is 5.38. The molecule has 0 saturated carbocycles. The summed E-state index contributed by atoms with van der Waals surface area (Å²) < 4.78 is 22.9. The zero-order valence-electron chi connectivity index (χ0n) is 23.4. The molecule has 0 bridgehead atoms. The molecule has 1 aliphatic rings.